The van der Waals surface area contributed by atoms with E-state index < -0.39 is 0 Å². The van der Waals surface area contributed by atoms with E-state index in [4.69, 9.17) is 0 Å². The Morgan fingerprint density at radius 3 is 2.29 bits per heavy atom. The maximum absolute atomic E-state index is 11.0. The molecule has 0 aromatic carbocycles. The molecule has 5 heteroatoms. The van der Waals surface area contributed by atoms with Gasteiger partial charge in [-0.2, -0.15) is 0 Å². The van der Waals surface area contributed by atoms with Crippen molar-refractivity contribution in [2.75, 3.05) is 18.0 Å². The van der Waals surface area contributed by atoms with Gasteiger partial charge in [0.25, 0.3) is 0 Å². The lowest BCUT2D eigenvalue weighted by Crippen LogP contribution is -2.60. The molecule has 0 N–H and O–H groups in total. The van der Waals surface area contributed by atoms with Crippen molar-refractivity contribution in [3.8, 4) is 11.8 Å². The van der Waals surface area contributed by atoms with Gasteiger partial charge in [0, 0.05) is 56.5 Å². The molecule has 1 aliphatic rings. The predicted molar refractivity (Wildman–Crippen MR) is 115 cm³/mol. The van der Waals surface area contributed by atoms with Crippen LogP contribution in [-0.4, -0.2) is 51.9 Å². The van der Waals surface area contributed by atoms with Gasteiger partial charge in [-0.05, 0) is 39.5 Å². The quantitative estimate of drug-likeness (QED) is 0.500. The minimum absolute atomic E-state index is 0.221. The van der Waals surface area contributed by atoms with Crippen LogP contribution in [-0.2, 0) is 4.79 Å². The van der Waals surface area contributed by atoms with E-state index in [1.165, 1.54) is 6.42 Å². The van der Waals surface area contributed by atoms with Crippen LogP contribution in [0.2, 0.25) is 0 Å². The lowest BCUT2D eigenvalue weighted by Gasteiger charge is -2.48. The zero-order valence-electron chi connectivity index (χ0n) is 18.2. The van der Waals surface area contributed by atoms with Gasteiger partial charge in [0.15, 0.2) is 0 Å². The molecule has 154 valence electrons. The minimum Gasteiger partial charge on any atom is -0.332 e. The molecule has 0 spiro atoms. The van der Waals surface area contributed by atoms with Crippen LogP contribution >= 0.6 is 0 Å². The number of carbonyl (C=O) groups is 1. The molecular weight excluding hydrogens is 348 g/mol. The molecule has 1 aromatic rings. The van der Waals surface area contributed by atoms with E-state index in [-0.39, 0.29) is 5.78 Å². The van der Waals surface area contributed by atoms with Crippen LogP contribution in [0.5, 0.6) is 0 Å². The molecule has 2 rings (SSSR count). The first kappa shape index (κ1) is 22.4. The first-order valence-electron chi connectivity index (χ1n) is 10.8. The summed E-state index contributed by atoms with van der Waals surface area (Å²) in [5.41, 5.74) is 0.839. The molecule has 1 saturated heterocycles. The summed E-state index contributed by atoms with van der Waals surface area (Å²) in [6.45, 7) is 12.9. The van der Waals surface area contributed by atoms with Crippen molar-refractivity contribution in [1.29, 1.82) is 0 Å². The maximum Gasteiger partial charge on any atom is 0.225 e. The van der Waals surface area contributed by atoms with Crippen LogP contribution in [0.15, 0.2) is 12.4 Å². The normalized spacial score (nSPS) is 21.1. The Balaban J connectivity index is 2.08. The first-order chi connectivity index (χ1) is 13.5. The Morgan fingerprint density at radius 1 is 1.18 bits per heavy atom. The molecule has 0 aliphatic carbocycles. The number of rotatable bonds is 8. The molecule has 2 heterocycles. The van der Waals surface area contributed by atoms with Gasteiger partial charge in [0.2, 0.25) is 5.95 Å². The summed E-state index contributed by atoms with van der Waals surface area (Å²) in [5.74, 6) is 7.28. The van der Waals surface area contributed by atoms with Gasteiger partial charge < -0.3 is 9.69 Å². The summed E-state index contributed by atoms with van der Waals surface area (Å²) in [5, 5.41) is 0. The van der Waals surface area contributed by atoms with E-state index in [0.29, 0.717) is 24.5 Å². The van der Waals surface area contributed by atoms with Crippen LogP contribution < -0.4 is 4.90 Å². The first-order valence-corrected chi connectivity index (χ1v) is 10.8. The Labute approximate surface area is 170 Å². The molecule has 3 unspecified atom stereocenters. The van der Waals surface area contributed by atoms with Crippen molar-refractivity contribution < 1.29 is 4.79 Å². The molecule has 5 nitrogen and oxygen atoms in total. The second-order valence-electron chi connectivity index (χ2n) is 7.87. The fourth-order valence-electron chi connectivity index (χ4n) is 3.80. The molecule has 0 amide bonds. The number of carbonyl (C=O) groups excluding carboxylic acids is 1. The van der Waals surface area contributed by atoms with Crippen LogP contribution in [0.4, 0.5) is 5.95 Å². The molecule has 0 radical (unpaired) electrons. The van der Waals surface area contributed by atoms with Crippen LogP contribution in [0.1, 0.15) is 78.7 Å². The number of unbranched alkanes of at least 4 members (excludes halogenated alkanes) is 1. The highest BCUT2D eigenvalue weighted by Crippen LogP contribution is 2.26. The van der Waals surface area contributed by atoms with E-state index in [2.05, 4.69) is 59.3 Å². The fourth-order valence-corrected chi connectivity index (χ4v) is 3.80. The third-order valence-electron chi connectivity index (χ3n) is 5.77. The number of hydrogen-bond donors (Lipinski definition) is 0. The van der Waals surface area contributed by atoms with Gasteiger partial charge in [0.1, 0.15) is 5.78 Å². The van der Waals surface area contributed by atoms with Crippen LogP contribution in [0.3, 0.4) is 0 Å². The minimum atomic E-state index is 0.221. The number of aromatic nitrogens is 2. The highest BCUT2D eigenvalue weighted by Gasteiger charge is 2.35. The number of piperazine rings is 1. The largest absolute Gasteiger partial charge is 0.332 e. The lowest BCUT2D eigenvalue weighted by molar-refractivity contribution is -0.117. The third kappa shape index (κ3) is 6.04. The van der Waals surface area contributed by atoms with E-state index >= 15 is 0 Å². The van der Waals surface area contributed by atoms with E-state index in [1.807, 2.05) is 12.4 Å². The Hall–Kier alpha value is -1.93. The highest BCUT2D eigenvalue weighted by molar-refractivity contribution is 5.75. The predicted octanol–water partition coefficient (Wildman–Crippen LogP) is 4.07. The van der Waals surface area contributed by atoms with Gasteiger partial charge in [-0.3, -0.25) is 4.90 Å². The zero-order valence-corrected chi connectivity index (χ0v) is 18.2. The average molecular weight is 385 g/mol. The second kappa shape index (κ2) is 11.2. The van der Waals surface area contributed by atoms with E-state index in [9.17, 15) is 4.79 Å². The van der Waals surface area contributed by atoms with E-state index in [1.54, 1.807) is 6.92 Å². The van der Waals surface area contributed by atoms with Crippen LogP contribution in [0, 0.1) is 11.8 Å². The maximum atomic E-state index is 11.0. The summed E-state index contributed by atoms with van der Waals surface area (Å²) in [6, 6.07) is 1.50. The summed E-state index contributed by atoms with van der Waals surface area (Å²) >= 11 is 0. The summed E-state index contributed by atoms with van der Waals surface area (Å²) in [6.07, 6.45) is 9.18. The average Bonchev–Trinajstić information content (AvgIpc) is 2.72. The number of hydrogen-bond acceptors (Lipinski definition) is 5. The summed E-state index contributed by atoms with van der Waals surface area (Å²) in [4.78, 5) is 25.3. The highest BCUT2D eigenvalue weighted by atomic mass is 16.1. The fraction of sp³-hybridized carbons (Fsp3) is 0.696. The van der Waals surface area contributed by atoms with Gasteiger partial charge in [-0.1, -0.05) is 32.6 Å². The molecule has 0 saturated carbocycles. The van der Waals surface area contributed by atoms with Crippen LogP contribution in [0.25, 0.3) is 0 Å². The number of ketones is 1. The molecule has 1 aromatic heterocycles. The molecule has 3 atom stereocenters. The number of anilines is 1. The van der Waals surface area contributed by atoms with Gasteiger partial charge in [-0.15, -0.1) is 0 Å². The standard InChI is InChI=1S/C23H36N4O/c1-6-18(4)26-16-21(7-2)27(22(8-3)17-26)23-24-14-20(15-25-23)13-11-9-10-12-19(5)28/h14-15,18,21-22H,6-10,12,16-17H2,1-5H3. The molecule has 28 heavy (non-hydrogen) atoms. The lowest BCUT2D eigenvalue weighted by atomic mass is 10.00. The Bertz CT molecular complexity index is 662. The van der Waals surface area contributed by atoms with Gasteiger partial charge in [-0.25, -0.2) is 9.97 Å². The molecule has 1 fully saturated rings. The number of Topliss-reactive ketones (excluding diaryl/α,β-unsaturated/α-hetero) is 1. The van der Waals surface area contributed by atoms with Crippen molar-refractivity contribution in [1.82, 2.24) is 14.9 Å². The monoisotopic (exact) mass is 384 g/mol. The van der Waals surface area contributed by atoms with Gasteiger partial charge >= 0.3 is 0 Å². The van der Waals surface area contributed by atoms with Crippen molar-refractivity contribution in [3.63, 3.8) is 0 Å². The molecule has 0 bridgehead atoms. The Kier molecular flexibility index (Phi) is 8.92. The second-order valence-corrected chi connectivity index (χ2v) is 7.87. The number of nitrogens with zero attached hydrogens (tertiary/aromatic N) is 4. The smallest absolute Gasteiger partial charge is 0.225 e. The van der Waals surface area contributed by atoms with Crippen molar-refractivity contribution in [2.45, 2.75) is 91.3 Å². The van der Waals surface area contributed by atoms with Crippen molar-refractivity contribution in [3.05, 3.63) is 18.0 Å². The third-order valence-corrected chi connectivity index (χ3v) is 5.77. The van der Waals surface area contributed by atoms with Crippen molar-refractivity contribution >= 4 is 11.7 Å². The van der Waals surface area contributed by atoms with Gasteiger partial charge in [0.05, 0.1) is 5.56 Å². The summed E-state index contributed by atoms with van der Waals surface area (Å²) < 4.78 is 0. The van der Waals surface area contributed by atoms with Crippen molar-refractivity contribution in [2.24, 2.45) is 0 Å². The summed E-state index contributed by atoms with van der Waals surface area (Å²) in [7, 11) is 0. The Morgan fingerprint density at radius 2 is 1.79 bits per heavy atom. The molecular formula is C23H36N4O. The SMILES string of the molecule is CCC(C)N1CC(CC)N(c2ncc(C#CCCCC(C)=O)cn2)C(CC)C1. The zero-order chi connectivity index (χ0) is 20.5. The van der Waals surface area contributed by atoms with E-state index in [0.717, 1.165) is 50.3 Å². The molecule has 1 aliphatic heterocycles. The topological polar surface area (TPSA) is 49.3 Å².